The molecule has 0 spiro atoms. The highest BCUT2D eigenvalue weighted by Gasteiger charge is 2.50. The Labute approximate surface area is 360 Å². The van der Waals surface area contributed by atoms with E-state index in [2.05, 4.69) is 24.1 Å². The Balaban J connectivity index is 3.14. The lowest BCUT2D eigenvalue weighted by molar-refractivity contribution is -0.182. The summed E-state index contributed by atoms with van der Waals surface area (Å²) in [6, 6.07) is 5.30. The van der Waals surface area contributed by atoms with Crippen molar-refractivity contribution in [1.82, 2.24) is 10.2 Å². The number of aliphatic carboxylic acids is 1. The van der Waals surface area contributed by atoms with Crippen LogP contribution in [0.25, 0.3) is 0 Å². The number of unbranched alkanes of at least 4 members (excludes halogenated alkanes) is 8. The first-order valence-corrected chi connectivity index (χ1v) is 21.0. The predicted molar refractivity (Wildman–Crippen MR) is 225 cm³/mol. The Hall–Kier alpha value is -5.43. The minimum atomic E-state index is -3.09. The number of methoxy groups -OCH3 is 1. The van der Waals surface area contributed by atoms with Crippen molar-refractivity contribution in [2.75, 3.05) is 33.9 Å². The van der Waals surface area contributed by atoms with E-state index in [1.807, 2.05) is 0 Å². The van der Waals surface area contributed by atoms with Crippen LogP contribution in [0.2, 0.25) is 0 Å². The van der Waals surface area contributed by atoms with Gasteiger partial charge in [0.1, 0.15) is 24.2 Å². The number of Topliss-reactive ketones (excluding diaryl/α,β-unsaturated/α-hetero) is 1. The zero-order valence-electron chi connectivity index (χ0n) is 36.7. The number of hydrogen-bond donors (Lipinski definition) is 3. The summed E-state index contributed by atoms with van der Waals surface area (Å²) in [6.45, 7) is 6.65. The SMILES string of the molecule is CC#CCOc1ccc(C[C@H](NC(=O)[C@@H](/C=C/CCCCCCC(=O)CCCCCCC)[C@@](O)(CC(=O)OC(C)OC(=O)N(C)CCCOC(C)=O)C(=O)O)C(=O)OC)cc1. The Morgan fingerprint density at radius 1 is 0.918 bits per heavy atom. The van der Waals surface area contributed by atoms with Gasteiger partial charge in [0.15, 0.2) is 5.60 Å². The first-order valence-electron chi connectivity index (χ1n) is 21.0. The van der Waals surface area contributed by atoms with Crippen molar-refractivity contribution in [1.29, 1.82) is 0 Å². The van der Waals surface area contributed by atoms with Crippen LogP contribution in [0, 0.1) is 17.8 Å². The molecule has 2 amide bonds. The predicted octanol–water partition coefficient (Wildman–Crippen LogP) is 5.85. The molecule has 0 radical (unpaired) electrons. The fraction of sp³-hybridized carbons (Fsp3) is 0.622. The summed E-state index contributed by atoms with van der Waals surface area (Å²) < 4.78 is 25.5. The van der Waals surface area contributed by atoms with Crippen molar-refractivity contribution in [3.8, 4) is 17.6 Å². The molecule has 0 fully saturated rings. The molecule has 0 saturated carbocycles. The van der Waals surface area contributed by atoms with Gasteiger partial charge in [-0.15, -0.1) is 5.92 Å². The number of carbonyl (C=O) groups excluding carboxylic acids is 6. The van der Waals surface area contributed by atoms with Crippen LogP contribution in [0.1, 0.15) is 123 Å². The minimum absolute atomic E-state index is 0.0639. The van der Waals surface area contributed by atoms with Crippen LogP contribution in [0.5, 0.6) is 5.75 Å². The van der Waals surface area contributed by atoms with Gasteiger partial charge in [0.05, 0.1) is 26.1 Å². The minimum Gasteiger partial charge on any atom is -0.481 e. The number of carbonyl (C=O) groups is 7. The molecular formula is C45H66N2O14. The van der Waals surface area contributed by atoms with Gasteiger partial charge < -0.3 is 44.1 Å². The van der Waals surface area contributed by atoms with Gasteiger partial charge in [-0.25, -0.2) is 14.4 Å². The highest BCUT2D eigenvalue weighted by molar-refractivity contribution is 5.95. The van der Waals surface area contributed by atoms with Crippen LogP contribution in [0.3, 0.4) is 0 Å². The molecule has 0 aliphatic carbocycles. The normalized spacial score (nSPS) is 13.3. The topological polar surface area (TPSA) is 221 Å². The van der Waals surface area contributed by atoms with Crippen molar-refractivity contribution < 1.29 is 67.5 Å². The van der Waals surface area contributed by atoms with Gasteiger partial charge >= 0.3 is 30.0 Å². The highest BCUT2D eigenvalue weighted by atomic mass is 16.7. The van der Waals surface area contributed by atoms with E-state index >= 15 is 0 Å². The maximum absolute atomic E-state index is 14.0. The summed E-state index contributed by atoms with van der Waals surface area (Å²) in [5.74, 6) is -1.30. The van der Waals surface area contributed by atoms with E-state index in [1.54, 1.807) is 31.2 Å². The molecular weight excluding hydrogens is 792 g/mol. The molecule has 0 saturated heterocycles. The molecule has 1 aromatic rings. The lowest BCUT2D eigenvalue weighted by atomic mass is 9.82. The molecule has 4 atom stereocenters. The van der Waals surface area contributed by atoms with Gasteiger partial charge in [0.25, 0.3) is 0 Å². The average molecular weight is 859 g/mol. The van der Waals surface area contributed by atoms with E-state index < -0.39 is 66.1 Å². The van der Waals surface area contributed by atoms with Crippen molar-refractivity contribution >= 4 is 41.7 Å². The number of ether oxygens (including phenoxy) is 5. The van der Waals surface area contributed by atoms with Gasteiger partial charge in [-0.05, 0) is 56.7 Å². The maximum Gasteiger partial charge on any atom is 0.412 e. The van der Waals surface area contributed by atoms with Gasteiger partial charge in [0, 0.05) is 46.7 Å². The number of carboxylic acids is 1. The number of nitrogens with one attached hydrogen (secondary N) is 1. The third-order valence-electron chi connectivity index (χ3n) is 9.52. The summed E-state index contributed by atoms with van der Waals surface area (Å²) in [7, 11) is 2.52. The summed E-state index contributed by atoms with van der Waals surface area (Å²) in [4.78, 5) is 89.6. The molecule has 1 aromatic carbocycles. The van der Waals surface area contributed by atoms with E-state index in [9.17, 15) is 43.8 Å². The third-order valence-corrected chi connectivity index (χ3v) is 9.52. The van der Waals surface area contributed by atoms with E-state index in [4.69, 9.17) is 23.7 Å². The number of carboxylic acid groups (broad SMARTS) is 1. The molecule has 0 aromatic heterocycles. The van der Waals surface area contributed by atoms with Gasteiger partial charge in [-0.1, -0.05) is 75.7 Å². The molecule has 0 aliphatic heterocycles. The lowest BCUT2D eigenvalue weighted by Gasteiger charge is -2.30. The van der Waals surface area contributed by atoms with Crippen molar-refractivity contribution in [2.24, 2.45) is 5.92 Å². The number of amides is 2. The van der Waals surface area contributed by atoms with Gasteiger partial charge in [0.2, 0.25) is 12.2 Å². The summed E-state index contributed by atoms with van der Waals surface area (Å²) in [6.07, 6.45) is 9.01. The Morgan fingerprint density at radius 3 is 2.15 bits per heavy atom. The van der Waals surface area contributed by atoms with Crippen LogP contribution in [0.15, 0.2) is 36.4 Å². The molecule has 16 heteroatoms. The highest BCUT2D eigenvalue weighted by Crippen LogP contribution is 2.27. The third kappa shape index (κ3) is 22.7. The van der Waals surface area contributed by atoms with E-state index in [0.717, 1.165) is 57.0 Å². The second-order valence-corrected chi connectivity index (χ2v) is 14.7. The fourth-order valence-electron chi connectivity index (χ4n) is 6.06. The number of esters is 3. The van der Waals surface area contributed by atoms with Gasteiger partial charge in [-0.2, -0.15) is 0 Å². The van der Waals surface area contributed by atoms with Crippen LogP contribution < -0.4 is 10.1 Å². The summed E-state index contributed by atoms with van der Waals surface area (Å²) >= 11 is 0. The van der Waals surface area contributed by atoms with Crippen LogP contribution >= 0.6 is 0 Å². The molecule has 1 rings (SSSR count). The van der Waals surface area contributed by atoms with E-state index in [0.29, 0.717) is 43.4 Å². The average Bonchev–Trinajstić information content (AvgIpc) is 3.21. The number of hydrogen-bond acceptors (Lipinski definition) is 13. The van der Waals surface area contributed by atoms with E-state index in [1.165, 1.54) is 39.5 Å². The lowest BCUT2D eigenvalue weighted by Crippen LogP contribution is -2.55. The molecule has 340 valence electrons. The Morgan fingerprint density at radius 2 is 1.56 bits per heavy atom. The standard InChI is InChI=1S/C45H66N2O14/c1-7-9-11-14-17-21-36(49)22-18-15-12-13-16-19-23-38(41(51)46-39(42(52)57-6)31-35-24-26-37(27-25-35)59-29-10-8-2)45(56,43(53)54)32-40(50)60-34(4)61-44(55)47(5)28-20-30-58-33(3)48/h19,23-27,34,38-39,56H,7,9,11-18,20-22,28-32H2,1-6H3,(H,46,51)(H,53,54)/b23-19+/t34?,38-,39+,45+/m1/s1. The summed E-state index contributed by atoms with van der Waals surface area (Å²) in [5.41, 5.74) is -2.51. The zero-order chi connectivity index (χ0) is 45.6. The van der Waals surface area contributed by atoms with Crippen LogP contribution in [-0.2, 0) is 54.1 Å². The van der Waals surface area contributed by atoms with Gasteiger partial charge in [-0.3, -0.25) is 19.2 Å². The quantitative estimate of drug-likeness (QED) is 0.0199. The monoisotopic (exact) mass is 858 g/mol. The van der Waals surface area contributed by atoms with E-state index in [-0.39, 0.29) is 32.0 Å². The molecule has 0 heterocycles. The number of allylic oxidation sites excluding steroid dienone is 1. The van der Waals surface area contributed by atoms with Crippen LogP contribution in [-0.4, -0.2) is 109 Å². The second-order valence-electron chi connectivity index (χ2n) is 14.7. The second kappa shape index (κ2) is 30.6. The largest absolute Gasteiger partial charge is 0.481 e. The number of nitrogens with zero attached hydrogens (tertiary/aromatic N) is 1. The number of benzene rings is 1. The first kappa shape index (κ1) is 53.6. The molecule has 61 heavy (non-hydrogen) atoms. The number of aliphatic hydroxyl groups is 1. The smallest absolute Gasteiger partial charge is 0.412 e. The maximum atomic E-state index is 14.0. The number of ketones is 1. The number of rotatable bonds is 31. The fourth-order valence-corrected chi connectivity index (χ4v) is 6.06. The molecule has 0 bridgehead atoms. The molecule has 1 unspecified atom stereocenters. The summed E-state index contributed by atoms with van der Waals surface area (Å²) in [5, 5.41) is 24.5. The zero-order valence-corrected chi connectivity index (χ0v) is 36.7. The Bertz CT molecular complexity index is 1630. The van der Waals surface area contributed by atoms with Crippen molar-refractivity contribution in [2.45, 2.75) is 142 Å². The Kier molecular flexibility index (Phi) is 26.9. The van der Waals surface area contributed by atoms with Crippen LogP contribution in [0.4, 0.5) is 4.79 Å². The molecule has 0 aliphatic rings. The molecule has 16 nitrogen and oxygen atoms in total. The molecule has 3 N–H and O–H groups in total. The van der Waals surface area contributed by atoms with Crippen molar-refractivity contribution in [3.05, 3.63) is 42.0 Å². The van der Waals surface area contributed by atoms with Crippen molar-refractivity contribution in [3.63, 3.8) is 0 Å². The first-order chi connectivity index (χ1) is 29.1.